The third-order valence-corrected chi connectivity index (χ3v) is 6.82. The van der Waals surface area contributed by atoms with Crippen LogP contribution < -0.4 is 11.1 Å². The van der Waals surface area contributed by atoms with E-state index in [0.29, 0.717) is 10.6 Å². The summed E-state index contributed by atoms with van der Waals surface area (Å²) in [5.41, 5.74) is 5.58. The molecule has 21 heavy (non-hydrogen) atoms. The van der Waals surface area contributed by atoms with Crippen molar-refractivity contribution in [2.45, 2.75) is 25.4 Å². The fraction of sp³-hybridized carbons (Fsp3) is 0.333. The highest BCUT2D eigenvalue weighted by Crippen LogP contribution is 2.96. The minimum Gasteiger partial charge on any atom is -0.507 e. The van der Waals surface area contributed by atoms with Gasteiger partial charge >= 0.3 is 5.97 Å². The molecule has 0 aliphatic carbocycles. The number of aliphatic carboxylic acids is 1. The van der Waals surface area contributed by atoms with E-state index in [-0.39, 0.29) is 28.8 Å². The third kappa shape index (κ3) is 1.57. The van der Waals surface area contributed by atoms with Crippen LogP contribution in [0, 0.1) is 0 Å². The summed E-state index contributed by atoms with van der Waals surface area (Å²) in [5.74, 6) is -2.42. The molecule has 0 fully saturated rings. The van der Waals surface area contributed by atoms with Gasteiger partial charge in [0, 0.05) is 17.3 Å². The molecule has 3 rings (SSSR count). The van der Waals surface area contributed by atoms with Crippen molar-refractivity contribution in [2.24, 2.45) is 5.73 Å². The number of carbonyl (C=O) groups is 2. The van der Waals surface area contributed by atoms with Crippen LogP contribution in [0.2, 0.25) is 0 Å². The van der Waals surface area contributed by atoms with Gasteiger partial charge in [-0.1, -0.05) is 0 Å². The van der Waals surface area contributed by atoms with Gasteiger partial charge in [-0.15, -0.1) is 0 Å². The predicted octanol–water partition coefficient (Wildman–Crippen LogP) is 0.490. The molecule has 0 spiro atoms. The van der Waals surface area contributed by atoms with Crippen molar-refractivity contribution in [3.63, 3.8) is 0 Å². The number of nitrogens with one attached hydrogen (secondary N) is 1. The maximum absolute atomic E-state index is 12.2. The van der Waals surface area contributed by atoms with Crippen molar-refractivity contribution < 1.29 is 29.5 Å². The molecule has 112 valence electrons. The van der Waals surface area contributed by atoms with E-state index in [1.54, 1.807) is 0 Å². The van der Waals surface area contributed by atoms with Crippen LogP contribution in [0.3, 0.4) is 0 Å². The molecule has 6 N–H and O–H groups in total. The number of hydrogen-bond acceptors (Lipinski definition) is 6. The van der Waals surface area contributed by atoms with Gasteiger partial charge in [-0.05, 0) is 6.92 Å². The molecule has 9 heteroatoms. The van der Waals surface area contributed by atoms with Gasteiger partial charge < -0.3 is 30.9 Å². The number of carboxylic acids is 1. The van der Waals surface area contributed by atoms with E-state index in [2.05, 4.69) is 5.32 Å². The molecule has 3 aliphatic rings. The first-order chi connectivity index (χ1) is 9.71. The van der Waals surface area contributed by atoms with Crippen LogP contribution in [0.5, 0.6) is 0 Å². The van der Waals surface area contributed by atoms with E-state index < -0.39 is 31.1 Å². The summed E-state index contributed by atoms with van der Waals surface area (Å²) in [6.07, 6.45) is -0.209. The number of hydrogen-bond donors (Lipinski definition) is 5. The molecule has 0 bridgehead atoms. The third-order valence-electron chi connectivity index (χ3n) is 3.80. The lowest BCUT2D eigenvalue weighted by atomic mass is 10.0. The average molecular weight is 312 g/mol. The molecule has 3 heterocycles. The summed E-state index contributed by atoms with van der Waals surface area (Å²) in [5, 5.41) is 31.5. The predicted molar refractivity (Wildman–Crippen MR) is 71.8 cm³/mol. The van der Waals surface area contributed by atoms with Gasteiger partial charge in [-0.3, -0.25) is 4.79 Å². The lowest BCUT2D eigenvalue weighted by Crippen LogP contribution is -2.47. The smallest absolute Gasteiger partial charge is 0.326 e. The number of rotatable bonds is 5. The molecule has 0 aromatic rings. The molecule has 1 unspecified atom stereocenters. The highest BCUT2D eigenvalue weighted by molar-refractivity contribution is 7.86. The first-order valence-corrected chi connectivity index (χ1v) is 7.93. The molecule has 8 nitrogen and oxygen atoms in total. The van der Waals surface area contributed by atoms with Crippen molar-refractivity contribution in [1.82, 2.24) is 5.32 Å². The number of allylic oxidation sites excluding steroid dienone is 3. The van der Waals surface area contributed by atoms with Crippen LogP contribution in [0.25, 0.3) is 0 Å². The normalized spacial score (nSPS) is 28.1. The van der Waals surface area contributed by atoms with E-state index >= 15 is 0 Å². The maximum atomic E-state index is 12.2. The van der Waals surface area contributed by atoms with E-state index in [1.165, 1.54) is 6.92 Å². The first-order valence-electron chi connectivity index (χ1n) is 6.22. The van der Waals surface area contributed by atoms with Gasteiger partial charge in [0.15, 0.2) is 7.14 Å². The average Bonchev–Trinajstić information content (AvgIpc) is 2.85. The second-order valence-electron chi connectivity index (χ2n) is 5.22. The lowest BCUT2D eigenvalue weighted by Gasteiger charge is -2.18. The van der Waals surface area contributed by atoms with Gasteiger partial charge in [0.2, 0.25) is 5.91 Å². The fourth-order valence-corrected chi connectivity index (χ4v) is 5.76. The molecular weight excluding hydrogens is 299 g/mol. The summed E-state index contributed by atoms with van der Waals surface area (Å²) in [4.78, 5) is 22.7. The van der Waals surface area contributed by atoms with E-state index in [0.717, 1.165) is 0 Å². The highest BCUT2D eigenvalue weighted by Gasteiger charge is 2.70. The van der Waals surface area contributed by atoms with Gasteiger partial charge in [-0.2, -0.15) is 0 Å². The lowest BCUT2D eigenvalue weighted by molar-refractivity contribution is -0.141. The summed E-state index contributed by atoms with van der Waals surface area (Å²) in [6, 6.07) is -2.16. The second-order valence-corrected chi connectivity index (χ2v) is 7.78. The Morgan fingerprint density at radius 3 is 2.29 bits per heavy atom. The van der Waals surface area contributed by atoms with Crippen molar-refractivity contribution >= 4 is 19.0 Å². The van der Waals surface area contributed by atoms with Crippen LogP contribution in [0.15, 0.2) is 33.0 Å². The zero-order valence-corrected chi connectivity index (χ0v) is 11.8. The van der Waals surface area contributed by atoms with Crippen LogP contribution in [0.1, 0.15) is 13.3 Å². The minimum atomic E-state index is -2.87. The zero-order chi connectivity index (χ0) is 15.7. The summed E-state index contributed by atoms with van der Waals surface area (Å²) in [7, 11) is -2.87. The SMILES string of the molecule is C[C@H](N)C(=O)N[C@@H](CC1=C(O)C2=C(O)C3=C1P23=O)C(=O)O. The Morgan fingerprint density at radius 1 is 1.24 bits per heavy atom. The quantitative estimate of drug-likeness (QED) is 0.463. The molecule has 3 atom stereocenters. The number of aliphatic hydroxyl groups excluding tert-OH is 2. The Bertz CT molecular complexity index is 745. The van der Waals surface area contributed by atoms with E-state index in [9.17, 15) is 24.4 Å². The molecule has 0 radical (unpaired) electrons. The van der Waals surface area contributed by atoms with Crippen molar-refractivity contribution in [3.05, 3.63) is 33.0 Å². The minimum absolute atomic E-state index is 0.0187. The number of amides is 1. The van der Waals surface area contributed by atoms with Crippen LogP contribution in [-0.4, -0.2) is 39.3 Å². The van der Waals surface area contributed by atoms with Gasteiger partial charge in [0.05, 0.1) is 11.4 Å². The van der Waals surface area contributed by atoms with Crippen molar-refractivity contribution in [1.29, 1.82) is 0 Å². The van der Waals surface area contributed by atoms with E-state index in [1.807, 2.05) is 0 Å². The Labute approximate surface area is 119 Å². The summed E-state index contributed by atoms with van der Waals surface area (Å²) < 4.78 is 12.2. The molecular formula is C12H13N2O6P. The van der Waals surface area contributed by atoms with E-state index in [4.69, 9.17) is 10.8 Å². The largest absolute Gasteiger partial charge is 0.507 e. The molecule has 0 saturated heterocycles. The topological polar surface area (TPSA) is 150 Å². The van der Waals surface area contributed by atoms with Gasteiger partial charge in [0.25, 0.3) is 0 Å². The summed E-state index contributed by atoms with van der Waals surface area (Å²) in [6.45, 7) is 1.41. The molecule has 0 saturated carbocycles. The number of carbonyl (C=O) groups excluding carboxylic acids is 1. The standard InChI is InChI=1S/C12H13N2O6P/c1-3(13)11(17)14-5(12(18)19)2-4-6(15)9-7(16)10-8(4)21(9,10)20/h3,5,15-16H,2,13H2,1H3,(H,14,17)(H,18,19)/t3-,5-,21?/m0/s1. The number of aliphatic hydroxyl groups is 2. The Balaban J connectivity index is 1.82. The van der Waals surface area contributed by atoms with Crippen LogP contribution >= 0.6 is 7.14 Å². The van der Waals surface area contributed by atoms with Crippen molar-refractivity contribution in [3.8, 4) is 0 Å². The Hall–Kier alpha value is -2.05. The van der Waals surface area contributed by atoms with Crippen LogP contribution in [-0.2, 0) is 14.2 Å². The molecule has 0 aromatic heterocycles. The molecule has 0 aromatic carbocycles. The number of carboxylic acid groups (broad SMARTS) is 1. The highest BCUT2D eigenvalue weighted by atomic mass is 31.2. The number of nitrogens with two attached hydrogens (primary N) is 1. The van der Waals surface area contributed by atoms with Crippen molar-refractivity contribution in [2.75, 3.05) is 0 Å². The Kier molecular flexibility index (Phi) is 2.64. The maximum Gasteiger partial charge on any atom is 0.326 e. The van der Waals surface area contributed by atoms with Gasteiger partial charge in [0.1, 0.15) is 22.9 Å². The monoisotopic (exact) mass is 312 g/mol. The first kappa shape index (κ1) is 13.9. The zero-order valence-electron chi connectivity index (χ0n) is 11.0. The Morgan fingerprint density at radius 2 is 1.86 bits per heavy atom. The second kappa shape index (κ2) is 3.99. The fourth-order valence-electron chi connectivity index (χ4n) is 2.67. The summed E-state index contributed by atoms with van der Waals surface area (Å²) >= 11 is 0. The molecule has 3 aliphatic heterocycles. The van der Waals surface area contributed by atoms with Crippen LogP contribution in [0.4, 0.5) is 0 Å². The van der Waals surface area contributed by atoms with Gasteiger partial charge in [-0.25, -0.2) is 4.79 Å². The molecule has 1 amide bonds.